The Bertz CT molecular complexity index is 1520. The van der Waals surface area contributed by atoms with Gasteiger partial charge in [0.1, 0.15) is 16.6 Å². The lowest BCUT2D eigenvalue weighted by Crippen LogP contribution is -2.37. The Morgan fingerprint density at radius 3 is 2.39 bits per heavy atom. The van der Waals surface area contributed by atoms with Crippen molar-refractivity contribution in [3.05, 3.63) is 70.1 Å². The molecule has 10 heteroatoms. The van der Waals surface area contributed by atoms with Crippen LogP contribution in [-0.2, 0) is 22.6 Å². The molecule has 0 bridgehead atoms. The molecule has 0 aliphatic carbocycles. The maximum Gasteiger partial charge on any atom is 0.262 e. The fraction of sp³-hybridized carbons (Fsp3) is 0.192. The molecule has 0 saturated carbocycles. The summed E-state index contributed by atoms with van der Waals surface area (Å²) >= 11 is 2.96. The first-order valence-electron chi connectivity index (χ1n) is 11.4. The number of thiophene rings is 1. The minimum atomic E-state index is -0.472. The number of anilines is 1. The lowest BCUT2D eigenvalue weighted by Gasteiger charge is -2.26. The minimum absolute atomic E-state index is 0.00629. The number of carbonyl (C=O) groups excluding carboxylic acids is 4. The Morgan fingerprint density at radius 2 is 1.69 bits per heavy atom. The third-order valence-corrected chi connectivity index (χ3v) is 8.63. The molecule has 6 rings (SSSR count). The topological polar surface area (TPSA) is 99.7 Å². The fourth-order valence-electron chi connectivity index (χ4n) is 4.66. The smallest absolute Gasteiger partial charge is 0.262 e. The van der Waals surface area contributed by atoms with E-state index in [4.69, 9.17) is 4.98 Å². The molecule has 4 heterocycles. The standard InChI is InChI=1S/C26H20N4O4S2/c1-14(31)29-11-10-17-20(12-29)36-24(22(17)23-27-18-8-4-5-9-19(18)35-23)28-21(32)13-30-25(33)15-6-2-3-7-16(15)26(30)34/h2-9H,10-13H2,1H3,(H,28,32). The highest BCUT2D eigenvalue weighted by atomic mass is 32.1. The van der Waals surface area contributed by atoms with Crippen molar-refractivity contribution in [1.82, 2.24) is 14.8 Å². The molecule has 2 aromatic heterocycles. The number of hydrogen-bond acceptors (Lipinski definition) is 7. The molecule has 2 aromatic carbocycles. The second kappa shape index (κ2) is 8.65. The van der Waals surface area contributed by atoms with Gasteiger partial charge < -0.3 is 10.2 Å². The molecule has 4 aromatic rings. The number of rotatable bonds is 4. The Morgan fingerprint density at radius 1 is 1.00 bits per heavy atom. The second-order valence-electron chi connectivity index (χ2n) is 8.68. The molecule has 36 heavy (non-hydrogen) atoms. The van der Waals surface area contributed by atoms with E-state index in [1.54, 1.807) is 47.4 Å². The first kappa shape index (κ1) is 22.6. The summed E-state index contributed by atoms with van der Waals surface area (Å²) in [5.41, 5.74) is 3.42. The van der Waals surface area contributed by atoms with E-state index in [9.17, 15) is 19.2 Å². The molecule has 8 nitrogen and oxygen atoms in total. The van der Waals surface area contributed by atoms with E-state index in [1.807, 2.05) is 24.3 Å². The van der Waals surface area contributed by atoms with Crippen LogP contribution < -0.4 is 5.32 Å². The van der Waals surface area contributed by atoms with Crippen LogP contribution in [0.4, 0.5) is 5.00 Å². The number of thiazole rings is 1. The van der Waals surface area contributed by atoms with Crippen molar-refractivity contribution in [2.24, 2.45) is 0 Å². The Labute approximate surface area is 214 Å². The fourth-order valence-corrected chi connectivity index (χ4v) is 7.05. The van der Waals surface area contributed by atoms with Crippen LogP contribution in [0.2, 0.25) is 0 Å². The molecule has 2 aliphatic heterocycles. The van der Waals surface area contributed by atoms with Crippen molar-refractivity contribution in [3.63, 3.8) is 0 Å². The number of nitrogens with zero attached hydrogens (tertiary/aromatic N) is 3. The molecule has 180 valence electrons. The van der Waals surface area contributed by atoms with Crippen molar-refractivity contribution < 1.29 is 19.2 Å². The van der Waals surface area contributed by atoms with Gasteiger partial charge in [0, 0.05) is 23.9 Å². The Hall–Kier alpha value is -3.89. The zero-order valence-corrected chi connectivity index (χ0v) is 20.9. The molecule has 0 unspecified atom stereocenters. The lowest BCUT2D eigenvalue weighted by atomic mass is 10.0. The minimum Gasteiger partial charge on any atom is -0.337 e. The van der Waals surface area contributed by atoms with Gasteiger partial charge in [0.25, 0.3) is 11.8 Å². The number of nitrogens with one attached hydrogen (secondary N) is 1. The van der Waals surface area contributed by atoms with Crippen LogP contribution >= 0.6 is 22.7 Å². The van der Waals surface area contributed by atoms with Crippen molar-refractivity contribution in [2.75, 3.05) is 18.4 Å². The van der Waals surface area contributed by atoms with E-state index >= 15 is 0 Å². The van der Waals surface area contributed by atoms with E-state index in [1.165, 1.54) is 11.3 Å². The highest BCUT2D eigenvalue weighted by Crippen LogP contribution is 2.45. The van der Waals surface area contributed by atoms with E-state index < -0.39 is 17.7 Å². The van der Waals surface area contributed by atoms with Crippen molar-refractivity contribution in [1.29, 1.82) is 0 Å². The van der Waals surface area contributed by atoms with Gasteiger partial charge in [0.2, 0.25) is 11.8 Å². The first-order chi connectivity index (χ1) is 17.4. The summed E-state index contributed by atoms with van der Waals surface area (Å²) in [5, 5.41) is 4.36. The maximum atomic E-state index is 13.1. The SMILES string of the molecule is CC(=O)N1CCc2c(sc(NC(=O)CN3C(=O)c4ccccc4C3=O)c2-c2nc3ccccc3s2)C1. The average molecular weight is 517 g/mol. The predicted octanol–water partition coefficient (Wildman–Crippen LogP) is 4.16. The van der Waals surface area contributed by atoms with Crippen LogP contribution in [0.25, 0.3) is 20.8 Å². The molecule has 0 spiro atoms. The van der Waals surface area contributed by atoms with Crippen molar-refractivity contribution in [3.8, 4) is 10.6 Å². The summed E-state index contributed by atoms with van der Waals surface area (Å²) in [4.78, 5) is 59.1. The van der Waals surface area contributed by atoms with Crippen LogP contribution in [0.1, 0.15) is 38.1 Å². The first-order valence-corrected chi connectivity index (χ1v) is 13.0. The summed E-state index contributed by atoms with van der Waals surface area (Å²) in [6.07, 6.45) is 0.658. The normalized spacial score (nSPS) is 14.8. The van der Waals surface area contributed by atoms with Crippen molar-refractivity contribution >= 4 is 61.5 Å². The van der Waals surface area contributed by atoms with Gasteiger partial charge in [0.05, 0.1) is 27.9 Å². The van der Waals surface area contributed by atoms with Gasteiger partial charge in [-0.05, 0) is 36.2 Å². The zero-order chi connectivity index (χ0) is 25.0. The molecule has 0 atom stereocenters. The van der Waals surface area contributed by atoms with Gasteiger partial charge in [-0.2, -0.15) is 0 Å². The largest absolute Gasteiger partial charge is 0.337 e. The van der Waals surface area contributed by atoms with Crippen LogP contribution in [0.15, 0.2) is 48.5 Å². The third-order valence-electron chi connectivity index (χ3n) is 6.44. The molecule has 4 amide bonds. The Balaban J connectivity index is 1.33. The van der Waals surface area contributed by atoms with Gasteiger partial charge >= 0.3 is 0 Å². The number of fused-ring (bicyclic) bond motifs is 3. The number of benzene rings is 2. The van der Waals surface area contributed by atoms with Gasteiger partial charge in [-0.3, -0.25) is 24.1 Å². The quantitative estimate of drug-likeness (QED) is 0.411. The molecular formula is C26H20N4O4S2. The monoisotopic (exact) mass is 516 g/mol. The summed E-state index contributed by atoms with van der Waals surface area (Å²) < 4.78 is 1.04. The number of aromatic nitrogens is 1. The molecule has 2 aliphatic rings. The Kier molecular flexibility index (Phi) is 5.42. The number of para-hydroxylation sites is 1. The number of imide groups is 1. The summed E-state index contributed by atoms with van der Waals surface area (Å²) in [5.74, 6) is -1.40. The van der Waals surface area contributed by atoms with E-state index in [2.05, 4.69) is 5.32 Å². The van der Waals surface area contributed by atoms with Crippen LogP contribution in [-0.4, -0.2) is 51.5 Å². The predicted molar refractivity (Wildman–Crippen MR) is 138 cm³/mol. The summed E-state index contributed by atoms with van der Waals surface area (Å²) in [6.45, 7) is 2.24. The van der Waals surface area contributed by atoms with Gasteiger partial charge in [-0.15, -0.1) is 22.7 Å². The molecule has 0 radical (unpaired) electrons. The average Bonchev–Trinajstić information content (AvgIpc) is 3.52. The van der Waals surface area contributed by atoms with Gasteiger partial charge in [0.15, 0.2) is 0 Å². The number of amides is 4. The van der Waals surface area contributed by atoms with E-state index in [0.29, 0.717) is 35.6 Å². The second-order valence-corrected chi connectivity index (χ2v) is 10.8. The van der Waals surface area contributed by atoms with Crippen LogP contribution in [0.3, 0.4) is 0 Å². The summed E-state index contributed by atoms with van der Waals surface area (Å²) in [7, 11) is 0. The highest BCUT2D eigenvalue weighted by molar-refractivity contribution is 7.23. The van der Waals surface area contributed by atoms with E-state index in [-0.39, 0.29) is 12.5 Å². The third kappa shape index (κ3) is 3.69. The number of hydrogen-bond donors (Lipinski definition) is 1. The van der Waals surface area contributed by atoms with Crippen LogP contribution in [0.5, 0.6) is 0 Å². The number of carbonyl (C=O) groups is 4. The van der Waals surface area contributed by atoms with Crippen molar-refractivity contribution in [2.45, 2.75) is 19.9 Å². The summed E-state index contributed by atoms with van der Waals surface area (Å²) in [6, 6.07) is 14.4. The van der Waals surface area contributed by atoms with Gasteiger partial charge in [-0.1, -0.05) is 24.3 Å². The lowest BCUT2D eigenvalue weighted by molar-refractivity contribution is -0.129. The van der Waals surface area contributed by atoms with E-state index in [0.717, 1.165) is 36.1 Å². The molecule has 1 N–H and O–H groups in total. The highest BCUT2D eigenvalue weighted by Gasteiger charge is 2.37. The molecule has 0 saturated heterocycles. The molecule has 0 fully saturated rings. The zero-order valence-electron chi connectivity index (χ0n) is 19.2. The van der Waals surface area contributed by atoms with Crippen LogP contribution in [0, 0.1) is 0 Å². The maximum absolute atomic E-state index is 13.1. The van der Waals surface area contributed by atoms with Gasteiger partial charge in [-0.25, -0.2) is 4.98 Å². The molecular weight excluding hydrogens is 496 g/mol.